The van der Waals surface area contributed by atoms with E-state index in [-0.39, 0.29) is 11.0 Å². The smallest absolute Gasteiger partial charge is 0.257 e. The zero-order valence-corrected chi connectivity index (χ0v) is 19.1. The van der Waals surface area contributed by atoms with Gasteiger partial charge < -0.3 is 15.0 Å². The lowest BCUT2D eigenvalue weighted by Crippen LogP contribution is -2.34. The summed E-state index contributed by atoms with van der Waals surface area (Å²) in [4.78, 5) is 20.4. The Hall–Kier alpha value is -3.42. The lowest BCUT2D eigenvalue weighted by molar-refractivity contribution is 0.0977. The molecule has 1 amide bonds. The molecule has 0 aliphatic rings. The number of thiocarbonyl (C=S) groups is 1. The summed E-state index contributed by atoms with van der Waals surface area (Å²) in [6, 6.07) is 18.4. The minimum absolute atomic E-state index is 0.207. The molecular formula is C24H21ClN4O2S. The number of aromatic nitrogens is 2. The molecule has 4 rings (SSSR count). The second-order valence-electron chi connectivity index (χ2n) is 7.15. The topological polar surface area (TPSA) is 79.0 Å². The molecule has 0 radical (unpaired) electrons. The lowest BCUT2D eigenvalue weighted by Gasteiger charge is -2.11. The number of rotatable bonds is 5. The van der Waals surface area contributed by atoms with Crippen LogP contribution < -0.4 is 15.4 Å². The van der Waals surface area contributed by atoms with Gasteiger partial charge in [0.15, 0.2) is 5.11 Å². The Morgan fingerprint density at radius 2 is 1.94 bits per heavy atom. The van der Waals surface area contributed by atoms with Gasteiger partial charge in [0.05, 0.1) is 17.6 Å². The van der Waals surface area contributed by atoms with Crippen LogP contribution >= 0.6 is 23.8 Å². The van der Waals surface area contributed by atoms with Crippen molar-refractivity contribution in [3.05, 3.63) is 76.8 Å². The van der Waals surface area contributed by atoms with Crippen molar-refractivity contribution < 1.29 is 9.53 Å². The van der Waals surface area contributed by atoms with Crippen LogP contribution in [-0.2, 0) is 0 Å². The second kappa shape index (κ2) is 9.38. The molecule has 0 unspecified atom stereocenters. The first-order valence-electron chi connectivity index (χ1n) is 10.0. The van der Waals surface area contributed by atoms with Crippen LogP contribution in [0.1, 0.15) is 22.8 Å². The molecule has 0 aliphatic heterocycles. The van der Waals surface area contributed by atoms with Crippen molar-refractivity contribution in [2.75, 3.05) is 11.9 Å². The van der Waals surface area contributed by atoms with Crippen molar-refractivity contribution in [1.29, 1.82) is 0 Å². The molecule has 3 aromatic carbocycles. The van der Waals surface area contributed by atoms with Crippen LogP contribution in [0, 0.1) is 6.92 Å². The quantitative estimate of drug-likeness (QED) is 0.329. The Balaban J connectivity index is 1.42. The molecule has 0 atom stereocenters. The van der Waals surface area contributed by atoms with E-state index in [1.54, 1.807) is 24.3 Å². The van der Waals surface area contributed by atoms with E-state index in [4.69, 9.17) is 28.6 Å². The Kier molecular flexibility index (Phi) is 6.39. The van der Waals surface area contributed by atoms with Crippen molar-refractivity contribution in [1.82, 2.24) is 15.3 Å². The number of benzene rings is 3. The largest absolute Gasteiger partial charge is 0.494 e. The van der Waals surface area contributed by atoms with Gasteiger partial charge in [-0.1, -0.05) is 17.7 Å². The predicted molar refractivity (Wildman–Crippen MR) is 133 cm³/mol. The number of fused-ring (bicyclic) bond motifs is 1. The maximum atomic E-state index is 12.5. The Morgan fingerprint density at radius 1 is 1.16 bits per heavy atom. The van der Waals surface area contributed by atoms with Gasteiger partial charge in [-0.05, 0) is 86.2 Å². The summed E-state index contributed by atoms with van der Waals surface area (Å²) >= 11 is 11.5. The zero-order valence-electron chi connectivity index (χ0n) is 17.5. The molecule has 0 fully saturated rings. The molecule has 1 aromatic heterocycles. The van der Waals surface area contributed by atoms with Gasteiger partial charge in [-0.3, -0.25) is 10.1 Å². The standard InChI is InChI=1S/C24H21ClN4O2S/c1-3-31-18-6-4-5-16(12-18)23(30)29-24(32)26-17-9-7-15(8-10-17)22-27-20-11-14(2)19(25)13-21(20)28-22/h4-13H,3H2,1-2H3,(H,27,28)(H2,26,29,30,32). The van der Waals surface area contributed by atoms with Crippen molar-refractivity contribution in [3.63, 3.8) is 0 Å². The van der Waals surface area contributed by atoms with Crippen LogP contribution in [-0.4, -0.2) is 27.6 Å². The summed E-state index contributed by atoms with van der Waals surface area (Å²) in [7, 11) is 0. The number of aryl methyl sites for hydroxylation is 1. The van der Waals surface area contributed by atoms with Crippen molar-refractivity contribution >= 4 is 51.6 Å². The number of imidazole rings is 1. The summed E-state index contributed by atoms with van der Waals surface area (Å²) in [6.07, 6.45) is 0. The number of nitrogens with zero attached hydrogens (tertiary/aromatic N) is 1. The summed E-state index contributed by atoms with van der Waals surface area (Å²) in [5.74, 6) is 1.08. The predicted octanol–water partition coefficient (Wildman–Crippen LogP) is 5.72. The first-order valence-corrected chi connectivity index (χ1v) is 10.8. The minimum atomic E-state index is -0.308. The van der Waals surface area contributed by atoms with Gasteiger partial charge in [0.1, 0.15) is 11.6 Å². The van der Waals surface area contributed by atoms with E-state index in [0.717, 1.165) is 33.7 Å². The van der Waals surface area contributed by atoms with Gasteiger partial charge in [-0.15, -0.1) is 0 Å². The highest BCUT2D eigenvalue weighted by atomic mass is 35.5. The monoisotopic (exact) mass is 464 g/mol. The van der Waals surface area contributed by atoms with Gasteiger partial charge in [0.25, 0.3) is 5.91 Å². The van der Waals surface area contributed by atoms with E-state index in [1.165, 1.54) is 0 Å². The fourth-order valence-electron chi connectivity index (χ4n) is 3.22. The highest BCUT2D eigenvalue weighted by molar-refractivity contribution is 7.80. The summed E-state index contributed by atoms with van der Waals surface area (Å²) in [5, 5.41) is 6.60. The van der Waals surface area contributed by atoms with E-state index >= 15 is 0 Å². The number of anilines is 1. The number of hydrogen-bond acceptors (Lipinski definition) is 4. The normalized spacial score (nSPS) is 10.7. The van der Waals surface area contributed by atoms with Gasteiger partial charge >= 0.3 is 0 Å². The van der Waals surface area contributed by atoms with Gasteiger partial charge in [-0.25, -0.2) is 4.98 Å². The van der Waals surface area contributed by atoms with E-state index in [1.807, 2.05) is 50.2 Å². The van der Waals surface area contributed by atoms with Crippen LogP contribution in [0.3, 0.4) is 0 Å². The Labute approximate surface area is 196 Å². The second-order valence-corrected chi connectivity index (χ2v) is 7.97. The highest BCUT2D eigenvalue weighted by Crippen LogP contribution is 2.26. The summed E-state index contributed by atoms with van der Waals surface area (Å²) in [6.45, 7) is 4.38. The number of H-pyrrole nitrogens is 1. The summed E-state index contributed by atoms with van der Waals surface area (Å²) < 4.78 is 5.43. The first kappa shape index (κ1) is 21.8. The van der Waals surface area contributed by atoms with E-state index in [0.29, 0.717) is 22.9 Å². The third-order valence-electron chi connectivity index (χ3n) is 4.81. The number of halogens is 1. The molecule has 0 aliphatic carbocycles. The number of aromatic amines is 1. The molecule has 0 bridgehead atoms. The number of carbonyl (C=O) groups excluding carboxylic acids is 1. The molecule has 3 N–H and O–H groups in total. The number of carbonyl (C=O) groups is 1. The molecular weight excluding hydrogens is 444 g/mol. The maximum Gasteiger partial charge on any atom is 0.257 e. The maximum absolute atomic E-state index is 12.5. The van der Waals surface area contributed by atoms with Crippen molar-refractivity contribution in [3.8, 4) is 17.1 Å². The fraction of sp³-hybridized carbons (Fsp3) is 0.125. The average Bonchev–Trinajstić information content (AvgIpc) is 3.17. The molecule has 8 heteroatoms. The number of amides is 1. The number of nitrogens with one attached hydrogen (secondary N) is 3. The van der Waals surface area contributed by atoms with E-state index in [9.17, 15) is 4.79 Å². The van der Waals surface area contributed by atoms with Gasteiger partial charge in [0, 0.05) is 21.8 Å². The summed E-state index contributed by atoms with van der Waals surface area (Å²) in [5.41, 5.74) is 4.88. The third-order valence-corrected chi connectivity index (χ3v) is 5.42. The van der Waals surface area contributed by atoms with Crippen LogP contribution in [0.15, 0.2) is 60.7 Å². The number of ether oxygens (including phenoxy) is 1. The average molecular weight is 465 g/mol. The molecule has 6 nitrogen and oxygen atoms in total. The van der Waals surface area contributed by atoms with Crippen LogP contribution in [0.25, 0.3) is 22.4 Å². The Bertz CT molecular complexity index is 1260. The minimum Gasteiger partial charge on any atom is -0.494 e. The molecule has 0 saturated heterocycles. The first-order chi connectivity index (χ1) is 15.4. The van der Waals surface area contributed by atoms with Gasteiger partial charge in [0.2, 0.25) is 0 Å². The van der Waals surface area contributed by atoms with Crippen molar-refractivity contribution in [2.45, 2.75) is 13.8 Å². The molecule has 0 spiro atoms. The third kappa shape index (κ3) is 4.90. The number of hydrogen-bond donors (Lipinski definition) is 3. The molecule has 32 heavy (non-hydrogen) atoms. The molecule has 162 valence electrons. The van der Waals surface area contributed by atoms with Crippen LogP contribution in [0.5, 0.6) is 5.75 Å². The fourth-order valence-corrected chi connectivity index (χ4v) is 3.59. The highest BCUT2D eigenvalue weighted by Gasteiger charge is 2.10. The molecule has 1 heterocycles. The molecule has 4 aromatic rings. The molecule has 0 saturated carbocycles. The van der Waals surface area contributed by atoms with Gasteiger partial charge in [-0.2, -0.15) is 0 Å². The Morgan fingerprint density at radius 3 is 2.69 bits per heavy atom. The van der Waals surface area contributed by atoms with Crippen molar-refractivity contribution in [2.24, 2.45) is 0 Å². The lowest BCUT2D eigenvalue weighted by atomic mass is 10.2. The van der Waals surface area contributed by atoms with E-state index < -0.39 is 0 Å². The SMILES string of the molecule is CCOc1cccc(C(=O)NC(=S)Nc2ccc(-c3nc4cc(Cl)c(C)cc4[nH]3)cc2)c1. The zero-order chi connectivity index (χ0) is 22.7. The van der Waals surface area contributed by atoms with E-state index in [2.05, 4.69) is 20.6 Å². The van der Waals surface area contributed by atoms with Crippen LogP contribution in [0.4, 0.5) is 5.69 Å². The van der Waals surface area contributed by atoms with Crippen LogP contribution in [0.2, 0.25) is 5.02 Å².